The Hall–Kier alpha value is -2.71. The van der Waals surface area contributed by atoms with Crippen LogP contribution in [0.5, 0.6) is 0 Å². The molecule has 0 spiro atoms. The molecule has 0 aliphatic heterocycles. The molecular formula is C24H23BrFN3O2S. The van der Waals surface area contributed by atoms with Crippen molar-refractivity contribution in [1.82, 2.24) is 9.80 Å². The largest absolute Gasteiger partial charge is 0.332 e. The van der Waals surface area contributed by atoms with E-state index in [-0.39, 0.29) is 30.3 Å². The number of carbonyl (C=O) groups is 2. The normalized spacial score (nSPS) is 12.9. The van der Waals surface area contributed by atoms with Gasteiger partial charge in [0.2, 0.25) is 5.91 Å². The van der Waals surface area contributed by atoms with Gasteiger partial charge in [-0.1, -0.05) is 30.3 Å². The third kappa shape index (κ3) is 5.95. The molecule has 8 heteroatoms. The molecule has 1 N–H and O–H groups in total. The van der Waals surface area contributed by atoms with Crippen LogP contribution in [0, 0.1) is 5.82 Å². The average Bonchev–Trinajstić information content (AvgIpc) is 3.49. The van der Waals surface area contributed by atoms with Gasteiger partial charge in [0, 0.05) is 21.9 Å². The molecule has 1 saturated carbocycles. The van der Waals surface area contributed by atoms with Gasteiger partial charge >= 0.3 is 6.03 Å². The molecule has 32 heavy (non-hydrogen) atoms. The molecule has 3 amide bonds. The van der Waals surface area contributed by atoms with E-state index in [0.717, 1.165) is 27.8 Å². The zero-order chi connectivity index (χ0) is 22.5. The van der Waals surface area contributed by atoms with Crippen molar-refractivity contribution in [1.29, 1.82) is 0 Å². The van der Waals surface area contributed by atoms with Crippen LogP contribution in [0.4, 0.5) is 14.9 Å². The predicted octanol–water partition coefficient (Wildman–Crippen LogP) is 5.88. The summed E-state index contributed by atoms with van der Waals surface area (Å²) in [6, 6.07) is 17.2. The zero-order valence-electron chi connectivity index (χ0n) is 17.3. The van der Waals surface area contributed by atoms with Gasteiger partial charge in [-0.2, -0.15) is 0 Å². The lowest BCUT2D eigenvalue weighted by Gasteiger charge is -2.28. The molecule has 166 valence electrons. The van der Waals surface area contributed by atoms with Gasteiger partial charge in [-0.15, -0.1) is 11.3 Å². The molecule has 3 aromatic rings. The SMILES string of the molecule is O=C(CN(C(=O)Nc1ccccc1Br)C1CC1)N(Cc1ccc(F)cc1)Cc1cccs1. The number of urea groups is 1. The van der Waals surface area contributed by atoms with E-state index in [1.165, 1.54) is 12.1 Å². The van der Waals surface area contributed by atoms with Crippen molar-refractivity contribution in [2.24, 2.45) is 0 Å². The molecule has 1 heterocycles. The first-order chi connectivity index (χ1) is 15.5. The number of nitrogens with zero attached hydrogens (tertiary/aromatic N) is 2. The summed E-state index contributed by atoms with van der Waals surface area (Å²) in [4.78, 5) is 30.7. The summed E-state index contributed by atoms with van der Waals surface area (Å²) in [5, 5.41) is 4.88. The van der Waals surface area contributed by atoms with Crippen molar-refractivity contribution in [3.05, 3.63) is 86.8 Å². The van der Waals surface area contributed by atoms with Crippen molar-refractivity contribution in [3.8, 4) is 0 Å². The smallest absolute Gasteiger partial charge is 0.322 e. The summed E-state index contributed by atoms with van der Waals surface area (Å²) in [6.07, 6.45) is 1.78. The minimum Gasteiger partial charge on any atom is -0.332 e. The van der Waals surface area contributed by atoms with Crippen LogP contribution in [0.3, 0.4) is 0 Å². The number of hydrogen-bond donors (Lipinski definition) is 1. The van der Waals surface area contributed by atoms with E-state index in [2.05, 4.69) is 21.2 Å². The second-order valence-electron chi connectivity index (χ2n) is 7.72. The van der Waals surface area contributed by atoms with E-state index in [1.807, 2.05) is 41.8 Å². The van der Waals surface area contributed by atoms with Crippen LogP contribution in [-0.2, 0) is 17.9 Å². The molecule has 0 atom stereocenters. The second kappa shape index (κ2) is 10.3. The van der Waals surface area contributed by atoms with E-state index in [1.54, 1.807) is 33.3 Å². The van der Waals surface area contributed by atoms with Crippen LogP contribution in [-0.4, -0.2) is 34.3 Å². The van der Waals surface area contributed by atoms with Crippen molar-refractivity contribution in [3.63, 3.8) is 0 Å². The number of hydrogen-bond acceptors (Lipinski definition) is 3. The number of nitrogens with one attached hydrogen (secondary N) is 1. The van der Waals surface area contributed by atoms with Gasteiger partial charge in [-0.25, -0.2) is 9.18 Å². The fraction of sp³-hybridized carbons (Fsp3) is 0.250. The number of rotatable bonds is 8. The number of carbonyl (C=O) groups excluding carboxylic acids is 2. The summed E-state index contributed by atoms with van der Waals surface area (Å²) in [6.45, 7) is 0.785. The van der Waals surface area contributed by atoms with Gasteiger partial charge in [0.05, 0.1) is 12.2 Å². The molecule has 0 radical (unpaired) electrons. The maximum absolute atomic E-state index is 13.3. The maximum atomic E-state index is 13.3. The van der Waals surface area contributed by atoms with Crippen LogP contribution >= 0.6 is 27.3 Å². The fourth-order valence-electron chi connectivity index (χ4n) is 3.38. The molecule has 1 fully saturated rings. The van der Waals surface area contributed by atoms with Crippen molar-refractivity contribution >= 4 is 44.9 Å². The monoisotopic (exact) mass is 515 g/mol. The first kappa shape index (κ1) is 22.5. The van der Waals surface area contributed by atoms with E-state index >= 15 is 0 Å². The van der Waals surface area contributed by atoms with Crippen LogP contribution < -0.4 is 5.32 Å². The lowest BCUT2D eigenvalue weighted by Crippen LogP contribution is -2.45. The van der Waals surface area contributed by atoms with E-state index in [9.17, 15) is 14.0 Å². The Morgan fingerprint density at radius 3 is 2.44 bits per heavy atom. The first-order valence-corrected chi connectivity index (χ1v) is 12.0. The number of halogens is 2. The van der Waals surface area contributed by atoms with Gasteiger partial charge in [-0.3, -0.25) is 4.79 Å². The van der Waals surface area contributed by atoms with Crippen LogP contribution in [0.1, 0.15) is 23.3 Å². The Kier molecular flexibility index (Phi) is 7.22. The molecule has 1 aromatic heterocycles. The molecule has 2 aromatic carbocycles. The predicted molar refractivity (Wildman–Crippen MR) is 128 cm³/mol. The van der Waals surface area contributed by atoms with E-state index in [0.29, 0.717) is 18.8 Å². The minimum absolute atomic E-state index is 0.00643. The highest BCUT2D eigenvalue weighted by atomic mass is 79.9. The molecule has 1 aliphatic carbocycles. The van der Waals surface area contributed by atoms with Gasteiger partial charge in [0.25, 0.3) is 0 Å². The highest BCUT2D eigenvalue weighted by molar-refractivity contribution is 9.10. The summed E-state index contributed by atoms with van der Waals surface area (Å²) in [5.41, 5.74) is 1.50. The Bertz CT molecular complexity index is 1070. The minimum atomic E-state index is -0.312. The highest BCUT2D eigenvalue weighted by Gasteiger charge is 2.35. The van der Waals surface area contributed by atoms with E-state index in [4.69, 9.17) is 0 Å². The standard InChI is InChI=1S/C24H23BrFN3O2S/c25-21-5-1-2-6-22(21)27-24(31)29(19-11-12-19)16-23(30)28(15-20-4-3-13-32-20)14-17-7-9-18(26)10-8-17/h1-10,13,19H,11-12,14-16H2,(H,27,31). The second-order valence-corrected chi connectivity index (χ2v) is 9.61. The van der Waals surface area contributed by atoms with Crippen molar-refractivity contribution in [2.45, 2.75) is 32.0 Å². The van der Waals surface area contributed by atoms with E-state index < -0.39 is 0 Å². The van der Waals surface area contributed by atoms with Crippen molar-refractivity contribution < 1.29 is 14.0 Å². The topological polar surface area (TPSA) is 52.7 Å². The lowest BCUT2D eigenvalue weighted by molar-refractivity contribution is -0.133. The number of anilines is 1. The molecule has 0 bridgehead atoms. The molecule has 0 saturated heterocycles. The van der Waals surface area contributed by atoms with Gasteiger partial charge in [-0.05, 0) is 70.0 Å². The molecular weight excluding hydrogens is 493 g/mol. The third-order valence-corrected chi connectivity index (χ3v) is 6.79. The Labute approximate surface area is 199 Å². The summed E-state index contributed by atoms with van der Waals surface area (Å²) < 4.78 is 14.1. The summed E-state index contributed by atoms with van der Waals surface area (Å²) in [7, 11) is 0. The Morgan fingerprint density at radius 2 is 1.78 bits per heavy atom. The number of para-hydroxylation sites is 1. The zero-order valence-corrected chi connectivity index (χ0v) is 19.7. The summed E-state index contributed by atoms with van der Waals surface area (Å²) >= 11 is 5.02. The van der Waals surface area contributed by atoms with Gasteiger partial charge in [0.15, 0.2) is 0 Å². The fourth-order valence-corrected chi connectivity index (χ4v) is 4.48. The first-order valence-electron chi connectivity index (χ1n) is 10.4. The van der Waals surface area contributed by atoms with Crippen LogP contribution in [0.15, 0.2) is 70.5 Å². The third-order valence-electron chi connectivity index (χ3n) is 5.24. The quantitative estimate of drug-likeness (QED) is 0.407. The van der Waals surface area contributed by atoms with Gasteiger partial charge < -0.3 is 15.1 Å². The molecule has 5 nitrogen and oxygen atoms in total. The maximum Gasteiger partial charge on any atom is 0.322 e. The number of thiophene rings is 1. The summed E-state index contributed by atoms with van der Waals surface area (Å²) in [5.74, 6) is -0.453. The van der Waals surface area contributed by atoms with Crippen molar-refractivity contribution in [2.75, 3.05) is 11.9 Å². The molecule has 1 aliphatic rings. The Balaban J connectivity index is 1.48. The van der Waals surface area contributed by atoms with Gasteiger partial charge in [0.1, 0.15) is 12.4 Å². The highest BCUT2D eigenvalue weighted by Crippen LogP contribution is 2.29. The van der Waals surface area contributed by atoms with Crippen LogP contribution in [0.25, 0.3) is 0 Å². The molecule has 4 rings (SSSR count). The molecule has 0 unspecified atom stereocenters. The Morgan fingerprint density at radius 1 is 1.03 bits per heavy atom. The number of amides is 3. The average molecular weight is 516 g/mol. The number of benzene rings is 2. The van der Waals surface area contributed by atoms with Crippen LogP contribution in [0.2, 0.25) is 0 Å². The lowest BCUT2D eigenvalue weighted by atomic mass is 10.2.